The number of sulfonamides is 1. The maximum absolute atomic E-state index is 12.7. The number of allylic oxidation sites excluding steroid dienone is 3. The molecule has 0 unspecified atom stereocenters. The summed E-state index contributed by atoms with van der Waals surface area (Å²) in [4.78, 5) is 24.9. The lowest BCUT2D eigenvalue weighted by molar-refractivity contribution is -0.127. The highest BCUT2D eigenvalue weighted by Crippen LogP contribution is 2.20. The van der Waals surface area contributed by atoms with Crippen LogP contribution in [0.1, 0.15) is 17.4 Å². The predicted molar refractivity (Wildman–Crippen MR) is 93.2 cm³/mol. The van der Waals surface area contributed by atoms with Crippen molar-refractivity contribution in [3.05, 3.63) is 42.3 Å². The summed E-state index contributed by atoms with van der Waals surface area (Å²) in [6.45, 7) is 2.88. The molecule has 0 atom stereocenters. The van der Waals surface area contributed by atoms with Gasteiger partial charge < -0.3 is 15.2 Å². The van der Waals surface area contributed by atoms with Crippen molar-refractivity contribution in [1.82, 2.24) is 13.8 Å². The summed E-state index contributed by atoms with van der Waals surface area (Å²) in [7, 11) is -2.17. The zero-order valence-corrected chi connectivity index (χ0v) is 15.1. The number of carbonyl (C=O) groups excluding carboxylic acids is 2. The highest BCUT2D eigenvalue weighted by atomic mass is 32.2. The first-order valence-electron chi connectivity index (χ1n) is 7.82. The molecule has 2 amide bonds. The van der Waals surface area contributed by atoms with E-state index in [-0.39, 0.29) is 29.6 Å². The average molecular weight is 366 g/mol. The largest absolute Gasteiger partial charge is 0.364 e. The number of aromatic nitrogens is 1. The summed E-state index contributed by atoms with van der Waals surface area (Å²) in [5.74, 6) is -0.835. The second-order valence-corrected chi connectivity index (χ2v) is 7.59. The maximum atomic E-state index is 12.7. The predicted octanol–water partition coefficient (Wildman–Crippen LogP) is 0.0892. The smallest absolute Gasteiger partial charge is 0.265 e. The normalized spacial score (nSPS) is 16.8. The van der Waals surface area contributed by atoms with Crippen molar-refractivity contribution in [2.24, 2.45) is 12.8 Å². The number of piperazine rings is 1. The second kappa shape index (κ2) is 7.66. The molecule has 1 aromatic rings. The van der Waals surface area contributed by atoms with Crippen molar-refractivity contribution in [2.75, 3.05) is 26.2 Å². The third-order valence-electron chi connectivity index (χ3n) is 3.96. The lowest BCUT2D eigenvalue weighted by Gasteiger charge is -2.33. The number of primary amides is 1. The van der Waals surface area contributed by atoms with Crippen LogP contribution in [0.2, 0.25) is 0 Å². The molecule has 1 aliphatic heterocycles. The third-order valence-corrected chi connectivity index (χ3v) is 5.83. The quantitative estimate of drug-likeness (QED) is 0.589. The molecular formula is C16H22N4O4S. The Morgan fingerprint density at radius 3 is 2.32 bits per heavy atom. The maximum Gasteiger partial charge on any atom is 0.265 e. The molecule has 0 aromatic carbocycles. The average Bonchev–Trinajstić information content (AvgIpc) is 2.98. The van der Waals surface area contributed by atoms with Crippen molar-refractivity contribution >= 4 is 21.8 Å². The van der Waals surface area contributed by atoms with Gasteiger partial charge in [0.1, 0.15) is 10.6 Å². The number of rotatable bonds is 5. The van der Waals surface area contributed by atoms with Crippen molar-refractivity contribution in [2.45, 2.75) is 11.8 Å². The summed E-state index contributed by atoms with van der Waals surface area (Å²) in [5.41, 5.74) is 5.35. The number of amides is 2. The molecule has 8 nitrogen and oxygen atoms in total. The van der Waals surface area contributed by atoms with Gasteiger partial charge in [0.15, 0.2) is 0 Å². The monoisotopic (exact) mass is 366 g/mol. The van der Waals surface area contributed by atoms with Crippen LogP contribution in [-0.4, -0.2) is 60.2 Å². The lowest BCUT2D eigenvalue weighted by Crippen LogP contribution is -2.50. The van der Waals surface area contributed by atoms with Crippen molar-refractivity contribution in [3.63, 3.8) is 0 Å². The van der Waals surface area contributed by atoms with Gasteiger partial charge in [-0.3, -0.25) is 9.59 Å². The molecule has 25 heavy (non-hydrogen) atoms. The summed E-state index contributed by atoms with van der Waals surface area (Å²) in [6.07, 6.45) is 8.05. The fourth-order valence-corrected chi connectivity index (χ4v) is 4.07. The minimum absolute atomic E-state index is 0.0246. The van der Waals surface area contributed by atoms with Crippen molar-refractivity contribution < 1.29 is 18.0 Å². The van der Waals surface area contributed by atoms with Gasteiger partial charge in [0.2, 0.25) is 15.9 Å². The van der Waals surface area contributed by atoms with Crippen LogP contribution in [0.3, 0.4) is 0 Å². The zero-order chi connectivity index (χ0) is 18.6. The Morgan fingerprint density at radius 1 is 1.16 bits per heavy atom. The highest BCUT2D eigenvalue weighted by molar-refractivity contribution is 7.89. The molecule has 2 N–H and O–H groups in total. The minimum atomic E-state index is -3.73. The number of aryl methyl sites for hydroxylation is 1. The first-order chi connectivity index (χ1) is 11.8. The molecule has 0 spiro atoms. The van der Waals surface area contributed by atoms with E-state index in [0.717, 1.165) is 0 Å². The number of nitrogens with two attached hydrogens (primary N) is 1. The Kier molecular flexibility index (Phi) is 5.81. The molecule has 1 fully saturated rings. The Hall–Kier alpha value is -2.39. The Morgan fingerprint density at radius 2 is 1.80 bits per heavy atom. The molecule has 0 radical (unpaired) electrons. The van der Waals surface area contributed by atoms with Gasteiger partial charge in [0.25, 0.3) is 5.91 Å². The van der Waals surface area contributed by atoms with Gasteiger partial charge in [-0.1, -0.05) is 18.2 Å². The molecule has 0 bridgehead atoms. The Balaban J connectivity index is 2.08. The van der Waals surface area contributed by atoms with Gasteiger partial charge in [-0.15, -0.1) is 0 Å². The van der Waals surface area contributed by atoms with E-state index in [9.17, 15) is 18.0 Å². The van der Waals surface area contributed by atoms with Crippen LogP contribution in [0, 0.1) is 0 Å². The number of hydrogen-bond acceptors (Lipinski definition) is 4. The molecule has 2 rings (SSSR count). The van der Waals surface area contributed by atoms with Gasteiger partial charge in [-0.05, 0) is 13.0 Å². The minimum Gasteiger partial charge on any atom is -0.364 e. The van der Waals surface area contributed by atoms with Crippen LogP contribution in [-0.2, 0) is 21.9 Å². The van der Waals surface area contributed by atoms with Crippen LogP contribution in [0.5, 0.6) is 0 Å². The second-order valence-electron chi connectivity index (χ2n) is 5.65. The molecule has 1 aromatic heterocycles. The van der Waals surface area contributed by atoms with E-state index in [2.05, 4.69) is 0 Å². The molecule has 0 saturated carbocycles. The fourth-order valence-electron chi connectivity index (χ4n) is 2.57. The van der Waals surface area contributed by atoms with Crippen molar-refractivity contribution in [1.29, 1.82) is 0 Å². The Labute approximate surface area is 147 Å². The van der Waals surface area contributed by atoms with Crippen LogP contribution >= 0.6 is 0 Å². The van der Waals surface area contributed by atoms with E-state index in [1.807, 2.05) is 13.0 Å². The van der Waals surface area contributed by atoms with E-state index < -0.39 is 15.9 Å². The van der Waals surface area contributed by atoms with E-state index in [0.29, 0.717) is 13.1 Å². The van der Waals surface area contributed by atoms with Gasteiger partial charge in [0, 0.05) is 45.5 Å². The van der Waals surface area contributed by atoms with Gasteiger partial charge >= 0.3 is 0 Å². The van der Waals surface area contributed by atoms with Crippen LogP contribution in [0.4, 0.5) is 0 Å². The number of nitrogens with zero attached hydrogens (tertiary/aromatic N) is 3. The summed E-state index contributed by atoms with van der Waals surface area (Å²) in [5, 5.41) is 0. The molecule has 1 aliphatic rings. The molecule has 1 saturated heterocycles. The first-order valence-corrected chi connectivity index (χ1v) is 9.26. The van der Waals surface area contributed by atoms with E-state index in [1.165, 1.54) is 27.2 Å². The molecule has 136 valence electrons. The SMILES string of the molecule is CC=CC=CC(=O)N1CCN(S(=O)(=O)c2cc(C(N)=O)n(C)c2)CC1. The standard InChI is InChI=1S/C16H22N4O4S/c1-3-4-5-6-15(21)19-7-9-20(10-8-19)25(23,24)13-11-14(16(17)22)18(2)12-13/h3-6,11-12H,7-10H2,1-2H3,(H2,17,22). The van der Waals surface area contributed by atoms with E-state index in [1.54, 1.807) is 24.1 Å². The molecule has 0 aliphatic carbocycles. The lowest BCUT2D eigenvalue weighted by atomic mass is 10.3. The topological polar surface area (TPSA) is 106 Å². The molecular weight excluding hydrogens is 344 g/mol. The Bertz CT molecular complexity index is 815. The zero-order valence-electron chi connectivity index (χ0n) is 14.3. The van der Waals surface area contributed by atoms with E-state index in [4.69, 9.17) is 5.73 Å². The van der Waals surface area contributed by atoms with Crippen molar-refractivity contribution in [3.8, 4) is 0 Å². The van der Waals surface area contributed by atoms with Gasteiger partial charge in [0.05, 0.1) is 0 Å². The first kappa shape index (κ1) is 18.9. The third kappa shape index (κ3) is 4.18. The fraction of sp³-hybridized carbons (Fsp3) is 0.375. The highest BCUT2D eigenvalue weighted by Gasteiger charge is 2.31. The van der Waals surface area contributed by atoms with Crippen LogP contribution in [0.15, 0.2) is 41.5 Å². The van der Waals surface area contributed by atoms with E-state index >= 15 is 0 Å². The summed E-state index contributed by atoms with van der Waals surface area (Å²) in [6, 6.07) is 1.27. The van der Waals surface area contributed by atoms with Crippen LogP contribution in [0.25, 0.3) is 0 Å². The van der Waals surface area contributed by atoms with Crippen LogP contribution < -0.4 is 5.73 Å². The molecule has 2 heterocycles. The number of carbonyl (C=O) groups is 2. The summed E-state index contributed by atoms with van der Waals surface area (Å²) >= 11 is 0. The van der Waals surface area contributed by atoms with Gasteiger partial charge in [-0.2, -0.15) is 4.31 Å². The van der Waals surface area contributed by atoms with Gasteiger partial charge in [-0.25, -0.2) is 8.42 Å². The number of hydrogen-bond donors (Lipinski definition) is 1. The summed E-state index contributed by atoms with van der Waals surface area (Å²) < 4.78 is 28.1. The molecule has 9 heteroatoms.